The fourth-order valence-corrected chi connectivity index (χ4v) is 4.47. The summed E-state index contributed by atoms with van der Waals surface area (Å²) in [5, 5.41) is 4.44. The monoisotopic (exact) mass is 425 g/mol. The van der Waals surface area contributed by atoms with Crippen LogP contribution in [0.2, 0.25) is 0 Å². The van der Waals surface area contributed by atoms with Gasteiger partial charge in [-0.15, -0.1) is 0 Å². The van der Waals surface area contributed by atoms with Gasteiger partial charge in [0, 0.05) is 24.7 Å². The number of fused-ring (bicyclic) bond motifs is 1. The van der Waals surface area contributed by atoms with E-state index in [2.05, 4.69) is 10.1 Å². The first-order chi connectivity index (χ1) is 13.8. The highest BCUT2D eigenvalue weighted by Gasteiger charge is 2.38. The van der Waals surface area contributed by atoms with E-state index in [0.717, 1.165) is 6.07 Å². The second-order valence-electron chi connectivity index (χ2n) is 6.97. The van der Waals surface area contributed by atoms with Crippen LogP contribution >= 0.6 is 11.3 Å². The van der Waals surface area contributed by atoms with E-state index >= 15 is 0 Å². The third-order valence-electron chi connectivity index (χ3n) is 4.99. The number of aromatic nitrogens is 2. The molecule has 0 spiro atoms. The minimum Gasteiger partial charge on any atom is -0.487 e. The lowest BCUT2D eigenvalue weighted by atomic mass is 9.91. The minimum absolute atomic E-state index is 0.111. The maximum absolute atomic E-state index is 13.6. The number of hydrogen-bond donors (Lipinski definition) is 0. The Hall–Kier alpha value is -2.62. The number of aryl methyl sites for hydroxylation is 1. The largest absolute Gasteiger partial charge is 0.487 e. The minimum atomic E-state index is -4.55. The molecule has 4 heterocycles. The first kappa shape index (κ1) is 19.7. The quantitative estimate of drug-likeness (QED) is 0.612. The van der Waals surface area contributed by atoms with Gasteiger partial charge in [-0.2, -0.15) is 13.2 Å². The predicted octanol–water partition coefficient (Wildman–Crippen LogP) is 4.64. The molecule has 0 aliphatic carbocycles. The van der Waals surface area contributed by atoms with Crippen LogP contribution in [0.3, 0.4) is 0 Å². The molecule has 1 amide bonds. The fraction of sp³-hybridized carbons (Fsp3) is 0.421. The Balaban J connectivity index is 1.66. The molecule has 0 N–H and O–H groups in total. The SMILES string of the molecule is COc1ccc(C(=O)N2CCC[C@H](c3noc4nc(C)cc(C(F)(F)F)c34)C2)s1. The summed E-state index contributed by atoms with van der Waals surface area (Å²) in [5.41, 5.74) is -0.512. The Morgan fingerprint density at radius 3 is 2.86 bits per heavy atom. The van der Waals surface area contributed by atoms with Gasteiger partial charge in [0.25, 0.3) is 11.6 Å². The molecule has 0 saturated carbocycles. The van der Waals surface area contributed by atoms with E-state index in [1.165, 1.54) is 25.4 Å². The highest BCUT2D eigenvalue weighted by Crippen LogP contribution is 2.40. The Morgan fingerprint density at radius 1 is 1.38 bits per heavy atom. The average molecular weight is 425 g/mol. The number of rotatable bonds is 3. The zero-order valence-electron chi connectivity index (χ0n) is 15.7. The first-order valence-electron chi connectivity index (χ1n) is 9.05. The third kappa shape index (κ3) is 3.68. The smallest absolute Gasteiger partial charge is 0.417 e. The Morgan fingerprint density at radius 2 is 2.17 bits per heavy atom. The number of methoxy groups -OCH3 is 1. The van der Waals surface area contributed by atoms with Crippen molar-refractivity contribution >= 4 is 28.3 Å². The van der Waals surface area contributed by atoms with Gasteiger partial charge in [0.2, 0.25) is 0 Å². The van der Waals surface area contributed by atoms with E-state index in [1.807, 2.05) is 0 Å². The molecule has 1 aliphatic heterocycles. The summed E-state index contributed by atoms with van der Waals surface area (Å²) >= 11 is 1.24. The second kappa shape index (κ2) is 7.33. The number of likely N-dealkylation sites (tertiary alicyclic amines) is 1. The molecule has 4 rings (SSSR count). The van der Waals surface area contributed by atoms with Crippen molar-refractivity contribution in [2.45, 2.75) is 31.9 Å². The number of nitrogens with zero attached hydrogens (tertiary/aromatic N) is 3. The Bertz CT molecular complexity index is 1060. The predicted molar refractivity (Wildman–Crippen MR) is 100 cm³/mol. The summed E-state index contributed by atoms with van der Waals surface area (Å²) in [5.74, 6) is -0.526. The van der Waals surface area contributed by atoms with Crippen LogP contribution in [0.1, 0.15) is 45.4 Å². The summed E-state index contributed by atoms with van der Waals surface area (Å²) in [6.07, 6.45) is -3.28. The van der Waals surface area contributed by atoms with Crippen molar-refractivity contribution in [3.63, 3.8) is 0 Å². The molecule has 1 atom stereocenters. The van der Waals surface area contributed by atoms with Gasteiger partial charge < -0.3 is 14.2 Å². The molecule has 1 fully saturated rings. The van der Waals surface area contributed by atoms with Gasteiger partial charge in [-0.05, 0) is 38.0 Å². The van der Waals surface area contributed by atoms with Gasteiger partial charge in [-0.3, -0.25) is 4.79 Å². The molecular formula is C19H18F3N3O3S. The number of halogens is 3. The highest BCUT2D eigenvalue weighted by atomic mass is 32.1. The number of alkyl halides is 3. The Kier molecular flexibility index (Phi) is 4.97. The van der Waals surface area contributed by atoms with E-state index in [1.54, 1.807) is 17.0 Å². The average Bonchev–Trinajstić information content (AvgIpc) is 3.33. The van der Waals surface area contributed by atoms with Gasteiger partial charge in [-0.1, -0.05) is 16.5 Å². The number of pyridine rings is 1. The number of amides is 1. The molecule has 0 unspecified atom stereocenters. The number of carbonyl (C=O) groups is 1. The number of carbonyl (C=O) groups excluding carboxylic acids is 1. The number of thiophene rings is 1. The maximum Gasteiger partial charge on any atom is 0.417 e. The molecule has 3 aromatic heterocycles. The molecule has 6 nitrogen and oxygen atoms in total. The number of hydrogen-bond acceptors (Lipinski definition) is 6. The highest BCUT2D eigenvalue weighted by molar-refractivity contribution is 7.15. The van der Waals surface area contributed by atoms with Gasteiger partial charge in [0.1, 0.15) is 0 Å². The molecule has 1 aliphatic rings. The lowest BCUT2D eigenvalue weighted by Crippen LogP contribution is -2.39. The number of piperidine rings is 1. The summed E-state index contributed by atoms with van der Waals surface area (Å²) in [6.45, 7) is 2.29. The van der Waals surface area contributed by atoms with Gasteiger partial charge in [0.05, 0.1) is 28.6 Å². The van der Waals surface area contributed by atoms with Crippen LogP contribution in [0.4, 0.5) is 13.2 Å². The molecular weight excluding hydrogens is 407 g/mol. The topological polar surface area (TPSA) is 68.5 Å². The van der Waals surface area contributed by atoms with E-state index in [-0.39, 0.29) is 40.9 Å². The molecule has 3 aromatic rings. The molecule has 10 heteroatoms. The zero-order chi connectivity index (χ0) is 20.8. The van der Waals surface area contributed by atoms with Gasteiger partial charge in [-0.25, -0.2) is 4.98 Å². The van der Waals surface area contributed by atoms with Crippen molar-refractivity contribution in [1.29, 1.82) is 0 Å². The first-order valence-corrected chi connectivity index (χ1v) is 9.86. The van der Waals surface area contributed by atoms with Crippen LogP contribution in [0.15, 0.2) is 22.7 Å². The van der Waals surface area contributed by atoms with Crippen LogP contribution in [-0.4, -0.2) is 41.1 Å². The summed E-state index contributed by atoms with van der Waals surface area (Å²) < 4.78 is 51.1. The van der Waals surface area contributed by atoms with Gasteiger partial charge in [0.15, 0.2) is 5.06 Å². The van der Waals surface area contributed by atoms with Crippen LogP contribution in [-0.2, 0) is 6.18 Å². The van der Waals surface area contributed by atoms with Crippen LogP contribution in [0.5, 0.6) is 5.06 Å². The molecule has 29 heavy (non-hydrogen) atoms. The summed E-state index contributed by atoms with van der Waals surface area (Å²) in [7, 11) is 1.53. The normalized spacial score (nSPS) is 17.7. The van der Waals surface area contributed by atoms with E-state index < -0.39 is 11.7 Å². The lowest BCUT2D eigenvalue weighted by Gasteiger charge is -2.31. The molecule has 0 aromatic carbocycles. The van der Waals surface area contributed by atoms with Crippen LogP contribution in [0, 0.1) is 6.92 Å². The summed E-state index contributed by atoms with van der Waals surface area (Å²) in [6, 6.07) is 4.41. The number of ether oxygens (including phenoxy) is 1. The zero-order valence-corrected chi connectivity index (χ0v) is 16.6. The van der Waals surface area contributed by atoms with Crippen molar-refractivity contribution in [2.75, 3.05) is 20.2 Å². The van der Waals surface area contributed by atoms with Crippen molar-refractivity contribution in [3.8, 4) is 5.06 Å². The van der Waals surface area contributed by atoms with Crippen LogP contribution < -0.4 is 4.74 Å². The van der Waals surface area contributed by atoms with Gasteiger partial charge >= 0.3 is 6.18 Å². The van der Waals surface area contributed by atoms with Crippen LogP contribution in [0.25, 0.3) is 11.1 Å². The standard InChI is InChI=1S/C19H18F3N3O3S/c1-10-8-12(19(20,21)22)15-16(24-28-17(15)23-10)11-4-3-7-25(9-11)18(26)13-5-6-14(27-2)29-13/h5-6,8,11H,3-4,7,9H2,1-2H3/t11-/m0/s1. The molecule has 1 saturated heterocycles. The Labute approximate surface area is 168 Å². The van der Waals surface area contributed by atoms with E-state index in [0.29, 0.717) is 29.3 Å². The molecule has 0 radical (unpaired) electrons. The van der Waals surface area contributed by atoms with Crippen molar-refractivity contribution in [2.24, 2.45) is 0 Å². The fourth-order valence-electron chi connectivity index (χ4n) is 3.68. The van der Waals surface area contributed by atoms with E-state index in [9.17, 15) is 18.0 Å². The van der Waals surface area contributed by atoms with Crippen molar-refractivity contribution in [1.82, 2.24) is 15.0 Å². The second-order valence-corrected chi connectivity index (χ2v) is 8.02. The van der Waals surface area contributed by atoms with Crippen molar-refractivity contribution in [3.05, 3.63) is 40.0 Å². The lowest BCUT2D eigenvalue weighted by molar-refractivity contribution is -0.136. The van der Waals surface area contributed by atoms with E-state index in [4.69, 9.17) is 9.26 Å². The maximum atomic E-state index is 13.6. The molecule has 0 bridgehead atoms. The third-order valence-corrected chi connectivity index (χ3v) is 6.03. The summed E-state index contributed by atoms with van der Waals surface area (Å²) in [4.78, 5) is 19.1. The van der Waals surface area contributed by atoms with Crippen molar-refractivity contribution < 1.29 is 27.2 Å². The molecule has 154 valence electrons.